The van der Waals surface area contributed by atoms with E-state index < -0.39 is 0 Å². The summed E-state index contributed by atoms with van der Waals surface area (Å²) in [5.74, 6) is 5.25. The number of hydrogen-bond donors (Lipinski definition) is 2. The molecule has 2 rings (SSSR count). The van der Waals surface area contributed by atoms with E-state index in [-0.39, 0.29) is 0 Å². The maximum absolute atomic E-state index is 5.25. The Morgan fingerprint density at radius 3 is 3.15 bits per heavy atom. The summed E-state index contributed by atoms with van der Waals surface area (Å²) >= 11 is 1.71. The van der Waals surface area contributed by atoms with Gasteiger partial charge in [0.15, 0.2) is 0 Å². The monoisotopic (exact) mass is 193 g/mol. The van der Waals surface area contributed by atoms with Crippen LogP contribution in [0.5, 0.6) is 0 Å². The second-order valence-corrected chi connectivity index (χ2v) is 4.15. The molecule has 0 unspecified atom stereocenters. The van der Waals surface area contributed by atoms with Gasteiger partial charge in [-0.15, -0.1) is 11.3 Å². The number of hydrogen-bond acceptors (Lipinski definition) is 4. The molecular weight excluding hydrogens is 182 g/mol. The van der Waals surface area contributed by atoms with Gasteiger partial charge in [-0.2, -0.15) is 0 Å². The lowest BCUT2D eigenvalue weighted by Gasteiger charge is -1.97. The van der Waals surface area contributed by atoms with E-state index in [4.69, 9.17) is 5.84 Å². The molecule has 1 heterocycles. The van der Waals surface area contributed by atoms with Crippen molar-refractivity contribution in [1.29, 1.82) is 0 Å². The molecule has 68 valence electrons. The topological polar surface area (TPSA) is 50.9 Å². The molecule has 0 spiro atoms. The molecule has 0 saturated carbocycles. The molecule has 4 heteroatoms. The number of nitrogens with zero attached hydrogens (tertiary/aromatic N) is 1. The normalized spacial score (nSPS) is 10.9. The lowest BCUT2D eigenvalue weighted by Crippen LogP contribution is -2.20. The van der Waals surface area contributed by atoms with Crippen LogP contribution in [0.1, 0.15) is 10.6 Å². The van der Waals surface area contributed by atoms with E-state index in [9.17, 15) is 0 Å². The lowest BCUT2D eigenvalue weighted by molar-refractivity contribution is 0.742. The van der Waals surface area contributed by atoms with Crippen LogP contribution in [0.3, 0.4) is 0 Å². The summed E-state index contributed by atoms with van der Waals surface area (Å²) in [5, 5.41) is 1.10. The number of thiazole rings is 1. The molecule has 0 aliphatic rings. The van der Waals surface area contributed by atoms with Crippen LogP contribution in [0, 0.1) is 6.92 Å². The van der Waals surface area contributed by atoms with Crippen molar-refractivity contribution in [3.63, 3.8) is 0 Å². The summed E-state index contributed by atoms with van der Waals surface area (Å²) in [7, 11) is 0. The highest BCUT2D eigenvalue weighted by Crippen LogP contribution is 2.22. The van der Waals surface area contributed by atoms with Crippen LogP contribution < -0.4 is 11.3 Å². The minimum Gasteiger partial charge on any atom is -0.271 e. The molecule has 0 aliphatic heterocycles. The predicted octanol–water partition coefficient (Wildman–Crippen LogP) is 1.57. The van der Waals surface area contributed by atoms with E-state index in [1.54, 1.807) is 11.3 Å². The van der Waals surface area contributed by atoms with Gasteiger partial charge in [-0.3, -0.25) is 11.3 Å². The second kappa shape index (κ2) is 3.41. The van der Waals surface area contributed by atoms with Gasteiger partial charge in [-0.25, -0.2) is 4.98 Å². The number of hydrazine groups is 1. The second-order valence-electron chi connectivity index (χ2n) is 2.92. The molecule has 13 heavy (non-hydrogen) atoms. The summed E-state index contributed by atoms with van der Waals surface area (Å²) in [4.78, 5) is 4.38. The summed E-state index contributed by atoms with van der Waals surface area (Å²) in [5.41, 5.74) is 4.91. The Kier molecular flexibility index (Phi) is 2.26. The molecule has 2 aromatic rings. The molecule has 1 aromatic carbocycles. The minimum absolute atomic E-state index is 0.701. The van der Waals surface area contributed by atoms with Crippen molar-refractivity contribution in [2.45, 2.75) is 13.5 Å². The van der Waals surface area contributed by atoms with Crippen molar-refractivity contribution >= 4 is 21.6 Å². The molecular formula is C9H11N3S. The summed E-state index contributed by atoms with van der Waals surface area (Å²) in [6, 6.07) is 6.20. The highest BCUT2D eigenvalue weighted by atomic mass is 32.1. The average Bonchev–Trinajstić information content (AvgIpc) is 2.44. The van der Waals surface area contributed by atoms with Gasteiger partial charge in [0.05, 0.1) is 15.2 Å². The summed E-state index contributed by atoms with van der Waals surface area (Å²) in [6.07, 6.45) is 0. The molecule has 3 nitrogen and oxygen atoms in total. The maximum atomic E-state index is 5.25. The van der Waals surface area contributed by atoms with Crippen molar-refractivity contribution in [1.82, 2.24) is 10.4 Å². The highest BCUT2D eigenvalue weighted by molar-refractivity contribution is 7.18. The maximum Gasteiger partial charge on any atom is 0.0907 e. The standard InChI is InChI=1S/C9H11N3S/c1-6-12-8-3-2-7(5-11-10)4-9(8)13-6/h2-4,11H,5,10H2,1H3. The van der Waals surface area contributed by atoms with Crippen molar-refractivity contribution in [2.75, 3.05) is 0 Å². The van der Waals surface area contributed by atoms with E-state index >= 15 is 0 Å². The van der Waals surface area contributed by atoms with Crippen molar-refractivity contribution in [2.24, 2.45) is 5.84 Å². The highest BCUT2D eigenvalue weighted by Gasteiger charge is 2.00. The SMILES string of the molecule is Cc1nc2ccc(CNN)cc2s1. The fourth-order valence-electron chi connectivity index (χ4n) is 1.31. The first kappa shape index (κ1) is 8.62. The van der Waals surface area contributed by atoms with Crippen LogP contribution >= 0.6 is 11.3 Å². The molecule has 0 amide bonds. The molecule has 0 atom stereocenters. The zero-order valence-corrected chi connectivity index (χ0v) is 8.19. The number of fused-ring (bicyclic) bond motifs is 1. The van der Waals surface area contributed by atoms with E-state index in [0.717, 1.165) is 10.5 Å². The van der Waals surface area contributed by atoms with Gasteiger partial charge in [-0.1, -0.05) is 6.07 Å². The summed E-state index contributed by atoms with van der Waals surface area (Å²) in [6.45, 7) is 2.72. The fourth-order valence-corrected chi connectivity index (χ4v) is 2.20. The lowest BCUT2D eigenvalue weighted by atomic mass is 10.2. The summed E-state index contributed by atoms with van der Waals surface area (Å²) < 4.78 is 1.23. The first-order valence-corrected chi connectivity index (χ1v) is 4.91. The number of nitrogens with one attached hydrogen (secondary N) is 1. The number of aryl methyl sites for hydroxylation is 1. The first-order chi connectivity index (χ1) is 6.29. The van der Waals surface area contributed by atoms with E-state index in [1.165, 1.54) is 10.3 Å². The van der Waals surface area contributed by atoms with Crippen LogP contribution in [0.15, 0.2) is 18.2 Å². The largest absolute Gasteiger partial charge is 0.271 e. The van der Waals surface area contributed by atoms with Crippen LogP contribution in [0.4, 0.5) is 0 Å². The quantitative estimate of drug-likeness (QED) is 0.562. The van der Waals surface area contributed by atoms with Gasteiger partial charge < -0.3 is 0 Å². The molecule has 0 bridgehead atoms. The van der Waals surface area contributed by atoms with Gasteiger partial charge in [0, 0.05) is 6.54 Å². The van der Waals surface area contributed by atoms with Gasteiger partial charge in [0.2, 0.25) is 0 Å². The van der Waals surface area contributed by atoms with Crippen molar-refractivity contribution in [3.8, 4) is 0 Å². The molecule has 3 N–H and O–H groups in total. The fraction of sp³-hybridized carbons (Fsp3) is 0.222. The Morgan fingerprint density at radius 2 is 2.38 bits per heavy atom. The Morgan fingerprint density at radius 1 is 1.54 bits per heavy atom. The van der Waals surface area contributed by atoms with Gasteiger partial charge >= 0.3 is 0 Å². The number of aromatic nitrogens is 1. The van der Waals surface area contributed by atoms with E-state index in [1.807, 2.05) is 19.1 Å². The Bertz CT molecular complexity index is 422. The Hall–Kier alpha value is -0.970. The molecule has 0 radical (unpaired) electrons. The third kappa shape index (κ3) is 1.70. The zero-order chi connectivity index (χ0) is 9.26. The van der Waals surface area contributed by atoms with E-state index in [0.29, 0.717) is 6.54 Å². The molecule has 0 aliphatic carbocycles. The van der Waals surface area contributed by atoms with Crippen LogP contribution in [0.25, 0.3) is 10.2 Å². The number of nitrogens with two attached hydrogens (primary N) is 1. The predicted molar refractivity (Wildman–Crippen MR) is 55.4 cm³/mol. The first-order valence-electron chi connectivity index (χ1n) is 4.09. The minimum atomic E-state index is 0.701. The van der Waals surface area contributed by atoms with Crippen LogP contribution in [-0.4, -0.2) is 4.98 Å². The third-order valence-corrected chi connectivity index (χ3v) is 2.80. The van der Waals surface area contributed by atoms with Gasteiger partial charge in [-0.05, 0) is 24.6 Å². The number of rotatable bonds is 2. The van der Waals surface area contributed by atoms with Crippen LogP contribution in [0.2, 0.25) is 0 Å². The zero-order valence-electron chi connectivity index (χ0n) is 7.37. The Labute approximate surface area is 80.6 Å². The third-order valence-electron chi connectivity index (χ3n) is 1.87. The van der Waals surface area contributed by atoms with Crippen molar-refractivity contribution < 1.29 is 0 Å². The van der Waals surface area contributed by atoms with Crippen LogP contribution in [-0.2, 0) is 6.54 Å². The molecule has 0 fully saturated rings. The van der Waals surface area contributed by atoms with Gasteiger partial charge in [0.1, 0.15) is 0 Å². The average molecular weight is 193 g/mol. The van der Waals surface area contributed by atoms with Gasteiger partial charge in [0.25, 0.3) is 0 Å². The number of benzene rings is 1. The smallest absolute Gasteiger partial charge is 0.0907 e. The van der Waals surface area contributed by atoms with Crippen molar-refractivity contribution in [3.05, 3.63) is 28.8 Å². The van der Waals surface area contributed by atoms with E-state index in [2.05, 4.69) is 16.5 Å². The molecule has 0 saturated heterocycles. The molecule has 1 aromatic heterocycles. The Balaban J connectivity index is 2.48.